The highest BCUT2D eigenvalue weighted by Crippen LogP contribution is 2.29. The number of benzene rings is 1. The van der Waals surface area contributed by atoms with Crippen molar-refractivity contribution in [3.05, 3.63) is 23.8 Å². The van der Waals surface area contributed by atoms with Crippen molar-refractivity contribution in [1.82, 2.24) is 9.80 Å². The zero-order chi connectivity index (χ0) is 16.9. The molecule has 134 valence electrons. The van der Waals surface area contributed by atoms with Crippen LogP contribution in [0.1, 0.15) is 37.7 Å². The van der Waals surface area contributed by atoms with Crippen LogP contribution in [0, 0.1) is 0 Å². The highest BCUT2D eigenvalue weighted by Gasteiger charge is 2.33. The van der Waals surface area contributed by atoms with Gasteiger partial charge in [0.25, 0.3) is 0 Å². The van der Waals surface area contributed by atoms with E-state index in [1.165, 1.54) is 25.7 Å². The maximum absolute atomic E-state index is 10.2. The quantitative estimate of drug-likeness (QED) is 0.835. The molecule has 5 heteroatoms. The summed E-state index contributed by atoms with van der Waals surface area (Å²) in [6.07, 6.45) is 6.14. The van der Waals surface area contributed by atoms with Gasteiger partial charge in [0.15, 0.2) is 0 Å². The van der Waals surface area contributed by atoms with Crippen LogP contribution in [0.15, 0.2) is 18.2 Å². The number of hydrogen-bond acceptors (Lipinski definition) is 5. The molecule has 1 aromatic rings. The van der Waals surface area contributed by atoms with Crippen LogP contribution in [0.3, 0.4) is 0 Å². The summed E-state index contributed by atoms with van der Waals surface area (Å²) >= 11 is 0. The number of hydrogen-bond donors (Lipinski definition) is 2. The Morgan fingerprint density at radius 2 is 2.00 bits per heavy atom. The number of piperazine rings is 1. The Balaban J connectivity index is 1.63. The summed E-state index contributed by atoms with van der Waals surface area (Å²) < 4.78 is 5.15. The van der Waals surface area contributed by atoms with E-state index < -0.39 is 0 Å². The van der Waals surface area contributed by atoms with E-state index in [0.717, 1.165) is 38.2 Å². The van der Waals surface area contributed by atoms with Crippen LogP contribution in [0.5, 0.6) is 11.5 Å². The minimum Gasteiger partial charge on any atom is -0.507 e. The molecule has 0 spiro atoms. The van der Waals surface area contributed by atoms with Crippen molar-refractivity contribution in [1.29, 1.82) is 0 Å². The molecule has 0 radical (unpaired) electrons. The monoisotopic (exact) mass is 334 g/mol. The van der Waals surface area contributed by atoms with Gasteiger partial charge < -0.3 is 14.9 Å². The van der Waals surface area contributed by atoms with Crippen LogP contribution in [0.2, 0.25) is 0 Å². The van der Waals surface area contributed by atoms with E-state index in [9.17, 15) is 10.2 Å². The molecule has 1 aliphatic carbocycles. The second-order valence-corrected chi connectivity index (χ2v) is 7.07. The van der Waals surface area contributed by atoms with Crippen molar-refractivity contribution in [2.24, 2.45) is 0 Å². The summed E-state index contributed by atoms with van der Waals surface area (Å²) in [5, 5.41) is 19.6. The van der Waals surface area contributed by atoms with E-state index in [-0.39, 0.29) is 6.61 Å². The van der Waals surface area contributed by atoms with Crippen molar-refractivity contribution >= 4 is 0 Å². The van der Waals surface area contributed by atoms with Crippen LogP contribution in [-0.2, 0) is 6.54 Å². The molecule has 1 unspecified atom stereocenters. The first-order chi connectivity index (χ1) is 11.7. The zero-order valence-electron chi connectivity index (χ0n) is 14.7. The van der Waals surface area contributed by atoms with Gasteiger partial charge in [-0.3, -0.25) is 9.80 Å². The minimum absolute atomic E-state index is 0.246. The largest absolute Gasteiger partial charge is 0.507 e. The molecule has 0 amide bonds. The van der Waals surface area contributed by atoms with Crippen molar-refractivity contribution in [3.8, 4) is 11.5 Å². The molecule has 1 atom stereocenters. The summed E-state index contributed by atoms with van der Waals surface area (Å²) in [5.74, 6) is 0.978. The van der Waals surface area contributed by atoms with E-state index in [4.69, 9.17) is 4.74 Å². The molecule has 1 saturated carbocycles. The summed E-state index contributed by atoms with van der Waals surface area (Å²) in [7, 11) is 1.61. The molecule has 0 aromatic heterocycles. The number of nitrogens with zero attached hydrogens (tertiary/aromatic N) is 2. The van der Waals surface area contributed by atoms with E-state index >= 15 is 0 Å². The highest BCUT2D eigenvalue weighted by atomic mass is 16.5. The second kappa shape index (κ2) is 8.19. The number of aromatic hydroxyl groups is 1. The molecule has 1 aromatic carbocycles. The minimum atomic E-state index is 0.246. The lowest BCUT2D eigenvalue weighted by molar-refractivity contribution is 0.0265. The first kappa shape index (κ1) is 17.5. The maximum Gasteiger partial charge on any atom is 0.123 e. The molecule has 3 rings (SSSR count). The van der Waals surface area contributed by atoms with Crippen LogP contribution in [0.4, 0.5) is 0 Å². The Morgan fingerprint density at radius 3 is 2.67 bits per heavy atom. The highest BCUT2D eigenvalue weighted by molar-refractivity contribution is 5.39. The molecule has 1 saturated heterocycles. The fraction of sp³-hybridized carbons (Fsp3) is 0.684. The van der Waals surface area contributed by atoms with Gasteiger partial charge in [-0.2, -0.15) is 0 Å². The number of aliphatic hydroxyl groups is 1. The lowest BCUT2D eigenvalue weighted by Gasteiger charge is -2.44. The van der Waals surface area contributed by atoms with Gasteiger partial charge in [0.1, 0.15) is 11.5 Å². The van der Waals surface area contributed by atoms with Gasteiger partial charge in [-0.1, -0.05) is 18.9 Å². The van der Waals surface area contributed by atoms with Gasteiger partial charge in [0.05, 0.1) is 7.11 Å². The molecular formula is C19H30N2O3. The van der Waals surface area contributed by atoms with Crippen molar-refractivity contribution in [2.45, 2.75) is 50.7 Å². The Labute approximate surface area is 144 Å². The third-order valence-corrected chi connectivity index (χ3v) is 5.55. The molecule has 2 fully saturated rings. The second-order valence-electron chi connectivity index (χ2n) is 7.07. The summed E-state index contributed by atoms with van der Waals surface area (Å²) in [4.78, 5) is 5.03. The Kier molecular flexibility index (Phi) is 5.98. The number of phenolic OH excluding ortho intramolecular Hbond substituents is 1. The summed E-state index contributed by atoms with van der Waals surface area (Å²) in [6, 6.07) is 6.65. The van der Waals surface area contributed by atoms with Crippen LogP contribution < -0.4 is 4.74 Å². The standard InChI is InChI=1S/C19H30N2O3/c1-24-18-7-6-15(19(23)12-18)13-20-9-10-21(16-4-2-3-5-16)17(14-20)8-11-22/h6-7,12,16-17,22-23H,2-5,8-11,13-14H2,1H3. The van der Waals surface area contributed by atoms with E-state index in [1.54, 1.807) is 13.2 Å². The molecule has 2 N–H and O–H groups in total. The van der Waals surface area contributed by atoms with Crippen LogP contribution >= 0.6 is 0 Å². The van der Waals surface area contributed by atoms with Gasteiger partial charge in [0.2, 0.25) is 0 Å². The van der Waals surface area contributed by atoms with E-state index in [2.05, 4.69) is 9.80 Å². The van der Waals surface area contributed by atoms with Crippen LogP contribution in [0.25, 0.3) is 0 Å². The third kappa shape index (κ3) is 4.02. The molecule has 1 heterocycles. The predicted octanol–water partition coefficient (Wildman–Crippen LogP) is 2.21. The Hall–Kier alpha value is -1.30. The normalized spacial score (nSPS) is 23.7. The molecule has 2 aliphatic rings. The van der Waals surface area contributed by atoms with Gasteiger partial charge in [-0.25, -0.2) is 0 Å². The molecule has 5 nitrogen and oxygen atoms in total. The molecule has 24 heavy (non-hydrogen) atoms. The summed E-state index contributed by atoms with van der Waals surface area (Å²) in [5.41, 5.74) is 0.938. The smallest absolute Gasteiger partial charge is 0.123 e. The zero-order valence-corrected chi connectivity index (χ0v) is 14.7. The number of ether oxygens (including phenoxy) is 1. The summed E-state index contributed by atoms with van der Waals surface area (Å²) in [6.45, 7) is 4.03. The fourth-order valence-electron chi connectivity index (χ4n) is 4.25. The number of rotatable bonds is 6. The average molecular weight is 334 g/mol. The van der Waals surface area contributed by atoms with Crippen molar-refractivity contribution < 1.29 is 14.9 Å². The molecule has 1 aliphatic heterocycles. The first-order valence-electron chi connectivity index (χ1n) is 9.16. The van der Waals surface area contributed by atoms with Crippen molar-refractivity contribution in [3.63, 3.8) is 0 Å². The van der Waals surface area contributed by atoms with Gasteiger partial charge in [0, 0.05) is 56.5 Å². The first-order valence-corrected chi connectivity index (χ1v) is 9.16. The topological polar surface area (TPSA) is 56.2 Å². The van der Waals surface area contributed by atoms with E-state index in [1.807, 2.05) is 12.1 Å². The fourth-order valence-corrected chi connectivity index (χ4v) is 4.25. The van der Waals surface area contributed by atoms with Gasteiger partial charge in [-0.05, 0) is 25.3 Å². The Bertz CT molecular complexity index is 531. The lowest BCUT2D eigenvalue weighted by Crippen LogP contribution is -2.56. The average Bonchev–Trinajstić information content (AvgIpc) is 3.11. The predicted molar refractivity (Wildman–Crippen MR) is 94.4 cm³/mol. The number of methoxy groups -OCH3 is 1. The third-order valence-electron chi connectivity index (χ3n) is 5.55. The van der Waals surface area contributed by atoms with Gasteiger partial charge >= 0.3 is 0 Å². The number of aliphatic hydroxyl groups excluding tert-OH is 1. The molecular weight excluding hydrogens is 304 g/mol. The Morgan fingerprint density at radius 1 is 1.21 bits per heavy atom. The van der Waals surface area contributed by atoms with E-state index in [0.29, 0.717) is 23.6 Å². The van der Waals surface area contributed by atoms with Crippen LogP contribution in [-0.4, -0.2) is 65.4 Å². The maximum atomic E-state index is 10.2. The number of phenols is 1. The van der Waals surface area contributed by atoms with Gasteiger partial charge in [-0.15, -0.1) is 0 Å². The van der Waals surface area contributed by atoms with Crippen molar-refractivity contribution in [2.75, 3.05) is 33.4 Å². The SMILES string of the molecule is COc1ccc(CN2CCN(C3CCCC3)C(CCO)C2)c(O)c1. The lowest BCUT2D eigenvalue weighted by atomic mass is 10.0. The molecule has 0 bridgehead atoms.